The Kier molecular flexibility index (Phi) is 9.97. The van der Waals surface area contributed by atoms with Gasteiger partial charge in [-0.05, 0) is 56.8 Å². The molecule has 0 amide bonds. The van der Waals surface area contributed by atoms with Crippen LogP contribution in [0.5, 0.6) is 11.5 Å². The molecule has 0 aliphatic carbocycles. The topological polar surface area (TPSA) is 46.5 Å². The Bertz CT molecular complexity index is 1180. The number of hydrogen-bond donors (Lipinski definition) is 1. The van der Waals surface area contributed by atoms with Crippen LogP contribution >= 0.6 is 0 Å². The van der Waals surface area contributed by atoms with E-state index in [0.717, 1.165) is 47.9 Å². The fourth-order valence-corrected chi connectivity index (χ4v) is 5.57. The number of benzene rings is 2. The number of phenols is 1. The van der Waals surface area contributed by atoms with Crippen LogP contribution in [0, 0.1) is 0 Å². The molecule has 0 spiro atoms. The molecule has 3 nitrogen and oxygen atoms in total. The van der Waals surface area contributed by atoms with Gasteiger partial charge in [0.15, 0.2) is 0 Å². The van der Waals surface area contributed by atoms with Crippen molar-refractivity contribution in [2.24, 2.45) is 0 Å². The van der Waals surface area contributed by atoms with Gasteiger partial charge in [-0.3, -0.25) is 0 Å². The Morgan fingerprint density at radius 2 is 1.21 bits per heavy atom. The summed E-state index contributed by atoms with van der Waals surface area (Å²) < 4.78 is 5.99. The Morgan fingerprint density at radius 1 is 0.769 bits per heavy atom. The molecule has 39 heavy (non-hydrogen) atoms. The molecule has 0 atom stereocenters. The summed E-state index contributed by atoms with van der Waals surface area (Å²) in [6.07, 6.45) is 5.93. The molecule has 216 valence electrons. The zero-order valence-corrected chi connectivity index (χ0v) is 26.9. The maximum absolute atomic E-state index is 12.6. The Labute approximate surface area is 239 Å². The summed E-state index contributed by atoms with van der Waals surface area (Å²) in [5.74, 6) is 0.438. The Morgan fingerprint density at radius 3 is 1.62 bits per heavy atom. The summed E-state index contributed by atoms with van der Waals surface area (Å²) in [6, 6.07) is 8.76. The standard InChI is InChI=1S/C36H54O3/c1-14-17-35(10,11)26-20-24(31(38)28(22-26)33(4,5)6)19-25-21-27(36(12,13)18-15-2)23-29(34(7,8)9)32(25)39-30(37)16-3/h16,20-23,38H,3,14-15,17-19H2,1-2,4-13H3. The number of carbonyl (C=O) groups excluding carboxylic acids is 1. The van der Waals surface area contributed by atoms with Crippen molar-refractivity contribution in [3.63, 3.8) is 0 Å². The van der Waals surface area contributed by atoms with E-state index in [9.17, 15) is 9.90 Å². The molecular formula is C36H54O3. The predicted molar refractivity (Wildman–Crippen MR) is 166 cm³/mol. The quantitative estimate of drug-likeness (QED) is 0.187. The molecule has 2 rings (SSSR count). The van der Waals surface area contributed by atoms with Crippen LogP contribution in [0.15, 0.2) is 36.9 Å². The fourth-order valence-electron chi connectivity index (χ4n) is 5.57. The number of rotatable bonds is 10. The van der Waals surface area contributed by atoms with Crippen LogP contribution in [-0.2, 0) is 32.9 Å². The molecule has 1 N–H and O–H groups in total. The van der Waals surface area contributed by atoms with Gasteiger partial charge in [-0.25, -0.2) is 4.79 Å². The molecule has 0 heterocycles. The van der Waals surface area contributed by atoms with Crippen LogP contribution in [0.2, 0.25) is 0 Å². The normalized spacial score (nSPS) is 12.9. The molecule has 0 unspecified atom stereocenters. The molecule has 0 aliphatic heterocycles. The lowest BCUT2D eigenvalue weighted by Crippen LogP contribution is -2.22. The third kappa shape index (κ3) is 7.77. The highest BCUT2D eigenvalue weighted by Gasteiger charge is 2.31. The molecular weight excluding hydrogens is 480 g/mol. The third-order valence-electron chi connectivity index (χ3n) is 8.03. The third-order valence-corrected chi connectivity index (χ3v) is 8.03. The molecule has 0 saturated carbocycles. The predicted octanol–water partition coefficient (Wildman–Crippen LogP) is 9.82. The van der Waals surface area contributed by atoms with Crippen LogP contribution in [-0.4, -0.2) is 11.1 Å². The average Bonchev–Trinajstić information content (AvgIpc) is 2.79. The van der Waals surface area contributed by atoms with Crippen molar-refractivity contribution < 1.29 is 14.6 Å². The largest absolute Gasteiger partial charge is 0.507 e. The second-order valence-electron chi connectivity index (χ2n) is 14.6. The van der Waals surface area contributed by atoms with Crippen molar-refractivity contribution in [2.75, 3.05) is 0 Å². The van der Waals surface area contributed by atoms with Gasteiger partial charge in [0.25, 0.3) is 0 Å². The van der Waals surface area contributed by atoms with E-state index in [-0.39, 0.29) is 21.7 Å². The maximum Gasteiger partial charge on any atom is 0.335 e. The molecule has 0 aliphatic rings. The monoisotopic (exact) mass is 534 g/mol. The van der Waals surface area contributed by atoms with Crippen LogP contribution in [0.1, 0.15) is 142 Å². The van der Waals surface area contributed by atoms with Gasteiger partial charge in [0.2, 0.25) is 0 Å². The average molecular weight is 535 g/mol. The maximum atomic E-state index is 12.6. The van der Waals surface area contributed by atoms with Crippen LogP contribution in [0.4, 0.5) is 0 Å². The summed E-state index contributed by atoms with van der Waals surface area (Å²) in [5, 5.41) is 11.6. The first-order valence-corrected chi connectivity index (χ1v) is 14.7. The van der Waals surface area contributed by atoms with Gasteiger partial charge in [-0.1, -0.05) is 127 Å². The second kappa shape index (κ2) is 11.9. The first-order valence-electron chi connectivity index (χ1n) is 14.7. The van der Waals surface area contributed by atoms with Crippen molar-refractivity contribution in [1.82, 2.24) is 0 Å². The highest BCUT2D eigenvalue weighted by molar-refractivity contribution is 5.84. The van der Waals surface area contributed by atoms with Crippen molar-refractivity contribution >= 4 is 5.97 Å². The first-order chi connectivity index (χ1) is 17.8. The molecule has 0 saturated heterocycles. The van der Waals surface area contributed by atoms with Crippen LogP contribution in [0.3, 0.4) is 0 Å². The lowest BCUT2D eigenvalue weighted by atomic mass is 9.74. The molecule has 0 radical (unpaired) electrons. The van der Waals surface area contributed by atoms with Gasteiger partial charge in [0.05, 0.1) is 0 Å². The molecule has 0 bridgehead atoms. The van der Waals surface area contributed by atoms with Gasteiger partial charge in [0, 0.05) is 23.6 Å². The van der Waals surface area contributed by atoms with E-state index in [0.29, 0.717) is 17.9 Å². The van der Waals surface area contributed by atoms with E-state index >= 15 is 0 Å². The second-order valence-corrected chi connectivity index (χ2v) is 14.6. The van der Waals surface area contributed by atoms with Crippen LogP contribution < -0.4 is 4.74 Å². The minimum absolute atomic E-state index is 0.0309. The SMILES string of the molecule is C=CC(=O)Oc1c(Cc2cc(C(C)(C)CCC)cc(C(C)(C)C)c2O)cc(C(C)(C)CCC)cc1C(C)(C)C. The fraction of sp³-hybridized carbons (Fsp3) is 0.583. The van der Waals surface area contributed by atoms with E-state index in [1.165, 1.54) is 17.2 Å². The minimum atomic E-state index is -0.472. The summed E-state index contributed by atoms with van der Waals surface area (Å²) in [7, 11) is 0. The number of hydrogen-bond acceptors (Lipinski definition) is 3. The number of ether oxygens (including phenoxy) is 1. The Hall–Kier alpha value is -2.55. The van der Waals surface area contributed by atoms with Crippen molar-refractivity contribution in [2.45, 2.75) is 137 Å². The lowest BCUT2D eigenvalue weighted by Gasteiger charge is -2.32. The first kappa shape index (κ1) is 32.7. The highest BCUT2D eigenvalue weighted by Crippen LogP contribution is 2.44. The highest BCUT2D eigenvalue weighted by atomic mass is 16.5. The molecule has 0 aromatic heterocycles. The van der Waals surface area contributed by atoms with Gasteiger partial charge >= 0.3 is 5.97 Å². The zero-order chi connectivity index (χ0) is 30.0. The van der Waals surface area contributed by atoms with Crippen molar-refractivity contribution in [1.29, 1.82) is 0 Å². The number of phenolic OH excluding ortho intramolecular Hbond substituents is 1. The van der Waals surface area contributed by atoms with E-state index < -0.39 is 5.97 Å². The van der Waals surface area contributed by atoms with E-state index in [1.807, 2.05) is 0 Å². The van der Waals surface area contributed by atoms with E-state index in [4.69, 9.17) is 4.74 Å². The minimum Gasteiger partial charge on any atom is -0.507 e. The van der Waals surface area contributed by atoms with E-state index in [2.05, 4.69) is 114 Å². The molecule has 0 fully saturated rings. The molecule has 2 aromatic rings. The lowest BCUT2D eigenvalue weighted by molar-refractivity contribution is -0.129. The van der Waals surface area contributed by atoms with Crippen LogP contribution in [0.25, 0.3) is 0 Å². The summed E-state index contributed by atoms with van der Waals surface area (Å²) in [6.45, 7) is 30.1. The van der Waals surface area contributed by atoms with E-state index in [1.54, 1.807) is 0 Å². The van der Waals surface area contributed by atoms with Gasteiger partial charge in [-0.15, -0.1) is 0 Å². The number of carbonyl (C=O) groups is 1. The summed E-state index contributed by atoms with van der Waals surface area (Å²) >= 11 is 0. The summed E-state index contributed by atoms with van der Waals surface area (Å²) in [5.41, 5.74) is 5.61. The van der Waals surface area contributed by atoms with Gasteiger partial charge in [0.1, 0.15) is 11.5 Å². The zero-order valence-electron chi connectivity index (χ0n) is 26.9. The van der Waals surface area contributed by atoms with Gasteiger partial charge < -0.3 is 9.84 Å². The summed E-state index contributed by atoms with van der Waals surface area (Å²) in [4.78, 5) is 12.6. The molecule has 3 heteroatoms. The van der Waals surface area contributed by atoms with Gasteiger partial charge in [-0.2, -0.15) is 0 Å². The smallest absolute Gasteiger partial charge is 0.335 e. The Balaban J connectivity index is 2.95. The van der Waals surface area contributed by atoms with Crippen molar-refractivity contribution in [3.05, 3.63) is 70.3 Å². The number of esters is 1. The van der Waals surface area contributed by atoms with Crippen molar-refractivity contribution in [3.8, 4) is 11.5 Å². The molecule has 2 aromatic carbocycles. The number of aromatic hydroxyl groups is 1.